The molecule has 2 aliphatic rings. The van der Waals surface area contributed by atoms with E-state index in [4.69, 9.17) is 4.74 Å². The summed E-state index contributed by atoms with van der Waals surface area (Å²) in [5.41, 5.74) is 0. The molecule has 1 amide bonds. The van der Waals surface area contributed by atoms with Gasteiger partial charge in [0.15, 0.2) is 0 Å². The zero-order chi connectivity index (χ0) is 15.1. The lowest BCUT2D eigenvalue weighted by Crippen LogP contribution is -2.55. The van der Waals surface area contributed by atoms with Gasteiger partial charge in [0.2, 0.25) is 0 Å². The summed E-state index contributed by atoms with van der Waals surface area (Å²) in [7, 11) is 0. The lowest BCUT2D eigenvalue weighted by Gasteiger charge is -2.47. The quantitative estimate of drug-likeness (QED) is 0.703. The van der Waals surface area contributed by atoms with E-state index in [9.17, 15) is 4.79 Å². The summed E-state index contributed by atoms with van der Waals surface area (Å²) in [6.45, 7) is 9.21. The van der Waals surface area contributed by atoms with E-state index in [-0.39, 0.29) is 6.09 Å². The molecule has 21 heavy (non-hydrogen) atoms. The molecule has 0 bridgehead atoms. The van der Waals surface area contributed by atoms with E-state index in [2.05, 4.69) is 18.7 Å². The molecular weight excluding hydrogens is 264 g/mol. The summed E-state index contributed by atoms with van der Waals surface area (Å²) in [5.74, 6) is 0.656. The number of amides is 1. The molecule has 0 unspecified atom stereocenters. The number of ether oxygens (including phenoxy) is 1. The van der Waals surface area contributed by atoms with Gasteiger partial charge in [0.25, 0.3) is 0 Å². The van der Waals surface area contributed by atoms with Crippen molar-refractivity contribution in [3.63, 3.8) is 0 Å². The van der Waals surface area contributed by atoms with Crippen LogP contribution in [0.3, 0.4) is 0 Å². The molecule has 0 N–H and O–H groups in total. The summed E-state index contributed by atoms with van der Waals surface area (Å²) < 4.78 is 5.37. The largest absolute Gasteiger partial charge is 0.449 e. The average Bonchev–Trinajstić information content (AvgIpc) is 2.52. The van der Waals surface area contributed by atoms with E-state index in [1.165, 1.54) is 38.8 Å². The Hall–Kier alpha value is -0.770. The van der Waals surface area contributed by atoms with Crippen LogP contribution in [0.25, 0.3) is 0 Å². The summed E-state index contributed by atoms with van der Waals surface area (Å²) >= 11 is 0. The third-order valence-corrected chi connectivity index (χ3v) is 4.96. The van der Waals surface area contributed by atoms with Crippen LogP contribution in [0.2, 0.25) is 0 Å². The van der Waals surface area contributed by atoms with Crippen molar-refractivity contribution < 1.29 is 9.53 Å². The van der Waals surface area contributed by atoms with E-state index >= 15 is 0 Å². The number of carbonyl (C=O) groups is 1. The van der Waals surface area contributed by atoms with Crippen LogP contribution in [0.15, 0.2) is 0 Å². The summed E-state index contributed by atoms with van der Waals surface area (Å²) in [5, 5.41) is 0. The van der Waals surface area contributed by atoms with Crippen molar-refractivity contribution in [3.05, 3.63) is 0 Å². The Morgan fingerprint density at radius 3 is 2.71 bits per heavy atom. The number of unbranched alkanes of at least 4 members (excludes halogenated alkanes) is 2. The number of nitrogens with zero attached hydrogens (tertiary/aromatic N) is 2. The molecule has 122 valence electrons. The molecule has 2 heterocycles. The van der Waals surface area contributed by atoms with Crippen molar-refractivity contribution in [1.82, 2.24) is 9.80 Å². The topological polar surface area (TPSA) is 32.8 Å². The second kappa shape index (κ2) is 8.62. The molecule has 0 radical (unpaired) electrons. The third kappa shape index (κ3) is 4.60. The second-order valence-corrected chi connectivity index (χ2v) is 6.56. The molecule has 2 fully saturated rings. The first-order valence-corrected chi connectivity index (χ1v) is 8.92. The van der Waals surface area contributed by atoms with Crippen molar-refractivity contribution in [3.8, 4) is 0 Å². The molecular formula is C17H32N2O2. The highest BCUT2D eigenvalue weighted by Gasteiger charge is 2.37. The van der Waals surface area contributed by atoms with Gasteiger partial charge in [0.1, 0.15) is 0 Å². The molecule has 2 rings (SSSR count). The highest BCUT2D eigenvalue weighted by molar-refractivity contribution is 5.67. The standard InChI is InChI=1S/C17H32N2O2/c1-3-5-10-18-11-7-8-15-14-19(12-9-16(15)18)17(20)21-13-6-4-2/h15-16H,3-14H2,1-2H3/t15-,16-/m0/s1. The van der Waals surface area contributed by atoms with Gasteiger partial charge in [-0.2, -0.15) is 0 Å². The Kier molecular flexibility index (Phi) is 6.81. The highest BCUT2D eigenvalue weighted by Crippen LogP contribution is 2.31. The molecule has 2 saturated heterocycles. The van der Waals surface area contributed by atoms with Crippen LogP contribution in [0, 0.1) is 5.92 Å². The SMILES string of the molecule is CCCCOC(=O)N1CC[C@H]2[C@@H](CCCN2CCCC)C1. The van der Waals surface area contributed by atoms with Crippen molar-refractivity contribution in [1.29, 1.82) is 0 Å². The summed E-state index contributed by atoms with van der Waals surface area (Å²) in [6.07, 6.45) is 8.19. The predicted octanol–water partition coefficient (Wildman–Crippen LogP) is 3.51. The molecule has 0 aromatic carbocycles. The summed E-state index contributed by atoms with van der Waals surface area (Å²) in [4.78, 5) is 16.7. The summed E-state index contributed by atoms with van der Waals surface area (Å²) in [6, 6.07) is 0.699. The maximum atomic E-state index is 12.1. The maximum absolute atomic E-state index is 12.1. The predicted molar refractivity (Wildman–Crippen MR) is 85.4 cm³/mol. The Bertz CT molecular complexity index is 322. The lowest BCUT2D eigenvalue weighted by molar-refractivity contribution is 0.0168. The minimum absolute atomic E-state index is 0.0902. The fourth-order valence-electron chi connectivity index (χ4n) is 3.71. The van der Waals surface area contributed by atoms with Crippen molar-refractivity contribution >= 4 is 6.09 Å². The first kappa shape index (κ1) is 16.6. The molecule has 0 saturated carbocycles. The van der Waals surface area contributed by atoms with E-state index in [0.717, 1.165) is 32.4 Å². The number of hydrogen-bond acceptors (Lipinski definition) is 3. The van der Waals surface area contributed by atoms with Gasteiger partial charge in [0.05, 0.1) is 6.61 Å². The monoisotopic (exact) mass is 296 g/mol. The molecule has 2 atom stereocenters. The lowest BCUT2D eigenvalue weighted by atomic mass is 9.84. The van der Waals surface area contributed by atoms with Crippen LogP contribution in [0.4, 0.5) is 4.79 Å². The first-order chi connectivity index (χ1) is 10.3. The van der Waals surface area contributed by atoms with Crippen LogP contribution in [-0.2, 0) is 4.74 Å². The Labute approximate surface area is 129 Å². The minimum atomic E-state index is -0.0902. The molecule has 0 aliphatic carbocycles. The number of fused-ring (bicyclic) bond motifs is 1. The molecule has 2 aliphatic heterocycles. The maximum Gasteiger partial charge on any atom is 0.409 e. The van der Waals surface area contributed by atoms with Gasteiger partial charge in [-0.1, -0.05) is 26.7 Å². The zero-order valence-corrected chi connectivity index (χ0v) is 13.9. The molecule has 0 aromatic rings. The zero-order valence-electron chi connectivity index (χ0n) is 13.9. The molecule has 0 spiro atoms. The van der Waals surface area contributed by atoms with Crippen molar-refractivity contribution in [2.75, 3.05) is 32.8 Å². The van der Waals surface area contributed by atoms with Crippen molar-refractivity contribution in [2.45, 2.75) is 64.8 Å². The van der Waals surface area contributed by atoms with Crippen LogP contribution in [0.1, 0.15) is 58.8 Å². The fraction of sp³-hybridized carbons (Fsp3) is 0.941. The number of likely N-dealkylation sites (tertiary alicyclic amines) is 2. The average molecular weight is 296 g/mol. The minimum Gasteiger partial charge on any atom is -0.449 e. The highest BCUT2D eigenvalue weighted by atomic mass is 16.6. The van der Waals surface area contributed by atoms with E-state index in [1.807, 2.05) is 4.90 Å². The Balaban J connectivity index is 1.81. The van der Waals surface area contributed by atoms with Gasteiger partial charge in [0, 0.05) is 19.1 Å². The third-order valence-electron chi connectivity index (χ3n) is 4.96. The molecule has 0 aromatic heterocycles. The van der Waals surface area contributed by atoms with Gasteiger partial charge in [-0.05, 0) is 51.1 Å². The Morgan fingerprint density at radius 2 is 1.95 bits per heavy atom. The van der Waals surface area contributed by atoms with Crippen molar-refractivity contribution in [2.24, 2.45) is 5.92 Å². The van der Waals surface area contributed by atoms with Crippen LogP contribution >= 0.6 is 0 Å². The van der Waals surface area contributed by atoms with Gasteiger partial charge >= 0.3 is 6.09 Å². The fourth-order valence-corrected chi connectivity index (χ4v) is 3.71. The molecule has 4 nitrogen and oxygen atoms in total. The van der Waals surface area contributed by atoms with Gasteiger partial charge in [-0.3, -0.25) is 4.90 Å². The number of hydrogen-bond donors (Lipinski definition) is 0. The molecule has 4 heteroatoms. The van der Waals surface area contributed by atoms with Gasteiger partial charge < -0.3 is 9.64 Å². The number of rotatable bonds is 6. The van der Waals surface area contributed by atoms with Crippen LogP contribution in [-0.4, -0.2) is 54.7 Å². The van der Waals surface area contributed by atoms with Gasteiger partial charge in [-0.15, -0.1) is 0 Å². The Morgan fingerprint density at radius 1 is 1.14 bits per heavy atom. The van der Waals surface area contributed by atoms with Gasteiger partial charge in [-0.25, -0.2) is 4.79 Å². The second-order valence-electron chi connectivity index (χ2n) is 6.56. The van der Waals surface area contributed by atoms with E-state index in [1.54, 1.807) is 0 Å². The van der Waals surface area contributed by atoms with Crippen LogP contribution in [0.5, 0.6) is 0 Å². The van der Waals surface area contributed by atoms with Crippen LogP contribution < -0.4 is 0 Å². The normalized spacial score (nSPS) is 26.5. The first-order valence-electron chi connectivity index (χ1n) is 8.92. The van der Waals surface area contributed by atoms with E-state index < -0.39 is 0 Å². The van der Waals surface area contributed by atoms with E-state index in [0.29, 0.717) is 18.6 Å². The number of carbonyl (C=O) groups excluding carboxylic acids is 1. The number of piperidine rings is 2. The smallest absolute Gasteiger partial charge is 0.409 e.